The van der Waals surface area contributed by atoms with Crippen molar-refractivity contribution >= 4 is 16.0 Å². The fourth-order valence-electron chi connectivity index (χ4n) is 3.53. The van der Waals surface area contributed by atoms with E-state index in [0.29, 0.717) is 34.4 Å². The Labute approximate surface area is 203 Å². The number of anilines is 1. The number of hydrogen-bond donors (Lipinski definition) is 3. The van der Waals surface area contributed by atoms with Crippen LogP contribution in [0.4, 0.5) is 10.3 Å². The van der Waals surface area contributed by atoms with Crippen LogP contribution in [0.15, 0.2) is 36.5 Å². The summed E-state index contributed by atoms with van der Waals surface area (Å²) >= 11 is 0. The average molecular weight is 505 g/mol. The molecule has 0 atom stereocenters. The van der Waals surface area contributed by atoms with Crippen molar-refractivity contribution in [2.45, 2.75) is 26.6 Å². The van der Waals surface area contributed by atoms with Gasteiger partial charge >= 0.3 is 0 Å². The van der Waals surface area contributed by atoms with Gasteiger partial charge in [0, 0.05) is 30.3 Å². The summed E-state index contributed by atoms with van der Waals surface area (Å²) in [5.41, 5.74) is 1.96. The van der Waals surface area contributed by atoms with Crippen LogP contribution in [0.25, 0.3) is 22.6 Å². The van der Waals surface area contributed by atoms with Crippen LogP contribution in [0.2, 0.25) is 0 Å². The van der Waals surface area contributed by atoms with E-state index in [1.807, 2.05) is 6.92 Å². The van der Waals surface area contributed by atoms with Crippen molar-refractivity contribution in [3.63, 3.8) is 0 Å². The molecule has 188 valence electrons. The first-order valence-corrected chi connectivity index (χ1v) is 13.2. The molecule has 1 fully saturated rings. The number of nitrogens with zero attached hydrogens (tertiary/aromatic N) is 3. The van der Waals surface area contributed by atoms with E-state index >= 15 is 0 Å². The van der Waals surface area contributed by atoms with Gasteiger partial charge < -0.3 is 19.8 Å². The third-order valence-corrected chi connectivity index (χ3v) is 6.10. The van der Waals surface area contributed by atoms with Crippen molar-refractivity contribution in [3.05, 3.63) is 48.2 Å². The van der Waals surface area contributed by atoms with E-state index in [9.17, 15) is 12.8 Å². The van der Waals surface area contributed by atoms with Crippen molar-refractivity contribution in [2.75, 3.05) is 37.9 Å². The Morgan fingerprint density at radius 1 is 1.17 bits per heavy atom. The van der Waals surface area contributed by atoms with E-state index in [4.69, 9.17) is 14.5 Å². The largest absolute Gasteiger partial charge is 0.354 e. The van der Waals surface area contributed by atoms with Gasteiger partial charge in [-0.1, -0.05) is 13.8 Å². The van der Waals surface area contributed by atoms with Gasteiger partial charge in [-0.25, -0.2) is 32.5 Å². The van der Waals surface area contributed by atoms with E-state index in [1.165, 1.54) is 12.1 Å². The highest BCUT2D eigenvalue weighted by atomic mass is 32.2. The summed E-state index contributed by atoms with van der Waals surface area (Å²) in [6.45, 7) is 5.39. The maximum absolute atomic E-state index is 13.6. The lowest BCUT2D eigenvalue weighted by Crippen LogP contribution is -2.45. The standard InChI is InChI=1S/C23H29FN6O4S/c1-4-10-25-22-26-11-9-17(28-22)19-18(15-5-7-16(24)8-6-15)29-20(30-19)21-33-13-23(2,14-34-21)12-27-35(3,31)32/h5-9,11,21,27H,4,10,12-14H2,1-3H3,(H,29,30)(H,25,26,28). The lowest BCUT2D eigenvalue weighted by atomic mass is 9.92. The molecular weight excluding hydrogens is 475 g/mol. The van der Waals surface area contributed by atoms with Gasteiger partial charge in [0.1, 0.15) is 5.82 Å². The predicted octanol–water partition coefficient (Wildman–Crippen LogP) is 3.10. The lowest BCUT2D eigenvalue weighted by Gasteiger charge is -2.36. The first-order chi connectivity index (χ1) is 16.7. The smallest absolute Gasteiger partial charge is 0.223 e. The molecule has 0 unspecified atom stereocenters. The molecule has 1 aromatic carbocycles. The molecule has 0 bridgehead atoms. The molecule has 3 aromatic rings. The quantitative estimate of drug-likeness (QED) is 0.405. The second-order valence-corrected chi connectivity index (χ2v) is 10.7. The van der Waals surface area contributed by atoms with E-state index in [2.05, 4.69) is 31.9 Å². The molecule has 35 heavy (non-hydrogen) atoms. The number of imidazole rings is 1. The third-order valence-electron chi connectivity index (χ3n) is 5.44. The minimum Gasteiger partial charge on any atom is -0.354 e. The highest BCUT2D eigenvalue weighted by molar-refractivity contribution is 7.88. The highest BCUT2D eigenvalue weighted by Crippen LogP contribution is 2.35. The number of halogens is 1. The molecule has 0 spiro atoms. The van der Waals surface area contributed by atoms with Crippen molar-refractivity contribution < 1.29 is 22.3 Å². The fraction of sp³-hybridized carbons (Fsp3) is 0.435. The number of aromatic nitrogens is 4. The Balaban J connectivity index is 1.62. The number of aromatic amines is 1. The first kappa shape index (κ1) is 25.2. The first-order valence-electron chi connectivity index (χ1n) is 11.3. The maximum atomic E-state index is 13.6. The third kappa shape index (κ3) is 6.40. The molecule has 0 aliphatic carbocycles. The lowest BCUT2D eigenvalue weighted by molar-refractivity contribution is -0.231. The Kier molecular flexibility index (Phi) is 7.45. The summed E-state index contributed by atoms with van der Waals surface area (Å²) in [4.78, 5) is 16.8. The fourth-order valence-corrected chi connectivity index (χ4v) is 4.14. The van der Waals surface area contributed by atoms with E-state index in [0.717, 1.165) is 19.2 Å². The zero-order chi connectivity index (χ0) is 25.1. The summed E-state index contributed by atoms with van der Waals surface area (Å²) in [5.74, 6) is 0.573. The monoisotopic (exact) mass is 504 g/mol. The van der Waals surface area contributed by atoms with E-state index in [1.54, 1.807) is 24.4 Å². The number of nitrogens with one attached hydrogen (secondary N) is 3. The van der Waals surface area contributed by atoms with Crippen LogP contribution in [-0.2, 0) is 19.5 Å². The van der Waals surface area contributed by atoms with Crippen LogP contribution < -0.4 is 10.0 Å². The second-order valence-electron chi connectivity index (χ2n) is 8.90. The van der Waals surface area contributed by atoms with Gasteiger partial charge in [0.25, 0.3) is 0 Å². The number of sulfonamides is 1. The highest BCUT2D eigenvalue weighted by Gasteiger charge is 2.35. The second kappa shape index (κ2) is 10.4. The number of hydrogen-bond acceptors (Lipinski definition) is 8. The summed E-state index contributed by atoms with van der Waals surface area (Å²) < 4.78 is 50.9. The zero-order valence-electron chi connectivity index (χ0n) is 19.8. The topological polar surface area (TPSA) is 131 Å². The van der Waals surface area contributed by atoms with E-state index in [-0.39, 0.29) is 25.6 Å². The molecule has 0 saturated carbocycles. The molecule has 0 amide bonds. The number of ether oxygens (including phenoxy) is 2. The minimum absolute atomic E-state index is 0.192. The summed E-state index contributed by atoms with van der Waals surface area (Å²) in [5, 5.41) is 3.17. The molecular formula is C23H29FN6O4S. The molecule has 3 heterocycles. The van der Waals surface area contributed by atoms with Crippen molar-refractivity contribution in [1.82, 2.24) is 24.7 Å². The van der Waals surface area contributed by atoms with Crippen LogP contribution >= 0.6 is 0 Å². The Hall–Kier alpha value is -2.93. The van der Waals surface area contributed by atoms with Gasteiger partial charge in [-0.2, -0.15) is 0 Å². The van der Waals surface area contributed by atoms with Gasteiger partial charge in [0.15, 0.2) is 5.82 Å². The summed E-state index contributed by atoms with van der Waals surface area (Å²) in [7, 11) is -3.33. The van der Waals surface area contributed by atoms with Crippen LogP contribution in [0.5, 0.6) is 0 Å². The van der Waals surface area contributed by atoms with Gasteiger partial charge in [-0.05, 0) is 36.8 Å². The zero-order valence-corrected chi connectivity index (χ0v) is 20.7. The number of benzene rings is 1. The summed E-state index contributed by atoms with van der Waals surface area (Å²) in [6, 6.07) is 7.79. The molecule has 12 heteroatoms. The Bertz CT molecular complexity index is 1260. The van der Waals surface area contributed by atoms with Gasteiger partial charge in [-0.15, -0.1) is 0 Å². The minimum atomic E-state index is -3.33. The van der Waals surface area contributed by atoms with Crippen LogP contribution in [-0.4, -0.2) is 60.9 Å². The van der Waals surface area contributed by atoms with E-state index < -0.39 is 21.7 Å². The molecule has 1 aliphatic rings. The normalized spacial score (nSPS) is 20.6. The molecule has 10 nitrogen and oxygen atoms in total. The molecule has 1 aliphatic heterocycles. The van der Waals surface area contributed by atoms with Gasteiger partial charge in [0.05, 0.1) is 36.6 Å². The predicted molar refractivity (Wildman–Crippen MR) is 129 cm³/mol. The number of rotatable bonds is 9. The molecule has 0 radical (unpaired) electrons. The number of H-pyrrole nitrogens is 1. The Morgan fingerprint density at radius 3 is 2.54 bits per heavy atom. The van der Waals surface area contributed by atoms with Gasteiger partial charge in [0.2, 0.25) is 22.3 Å². The van der Waals surface area contributed by atoms with Crippen LogP contribution in [0.1, 0.15) is 32.4 Å². The SMILES string of the molecule is CCCNc1nccc(-c2[nH]c(C3OCC(C)(CNS(C)(=O)=O)CO3)nc2-c2ccc(F)cc2)n1. The molecule has 2 aromatic heterocycles. The van der Waals surface area contributed by atoms with Crippen LogP contribution in [0, 0.1) is 11.2 Å². The average Bonchev–Trinajstić information content (AvgIpc) is 3.28. The molecule has 4 rings (SSSR count). The molecule has 3 N–H and O–H groups in total. The van der Waals surface area contributed by atoms with Crippen molar-refractivity contribution in [1.29, 1.82) is 0 Å². The van der Waals surface area contributed by atoms with Crippen molar-refractivity contribution in [3.8, 4) is 22.6 Å². The maximum Gasteiger partial charge on any atom is 0.223 e. The Morgan fingerprint density at radius 2 is 1.89 bits per heavy atom. The summed E-state index contributed by atoms with van der Waals surface area (Å²) in [6.07, 6.45) is 2.91. The molecule has 1 saturated heterocycles. The van der Waals surface area contributed by atoms with Crippen LogP contribution in [0.3, 0.4) is 0 Å². The van der Waals surface area contributed by atoms with Crippen molar-refractivity contribution in [2.24, 2.45) is 5.41 Å². The van der Waals surface area contributed by atoms with Gasteiger partial charge in [-0.3, -0.25) is 0 Å².